The maximum Gasteiger partial charge on any atom is 0.348 e. The molecule has 0 N–H and O–H groups in total. The summed E-state index contributed by atoms with van der Waals surface area (Å²) < 4.78 is 1.45. The Morgan fingerprint density at radius 1 is 1.00 bits per heavy atom. The predicted octanol–water partition coefficient (Wildman–Crippen LogP) is 3.16. The predicted molar refractivity (Wildman–Crippen MR) is 89.5 cm³/mol. The lowest BCUT2D eigenvalue weighted by molar-refractivity contribution is 0.103. The van der Waals surface area contributed by atoms with Crippen LogP contribution in [-0.4, -0.2) is 15.3 Å². The highest BCUT2D eigenvalue weighted by molar-refractivity contribution is 6.12. The van der Waals surface area contributed by atoms with Gasteiger partial charge in [-0.1, -0.05) is 60.7 Å². The SMILES string of the molecule is CCn1cc(C(=O)c2ccccc2)c(-c2ccccc2)nc1=O. The van der Waals surface area contributed by atoms with Crippen molar-refractivity contribution in [1.82, 2.24) is 9.55 Å². The molecule has 0 spiro atoms. The Morgan fingerprint density at radius 2 is 1.61 bits per heavy atom. The fraction of sp³-hybridized carbons (Fsp3) is 0.105. The second-order valence-electron chi connectivity index (χ2n) is 5.13. The highest BCUT2D eigenvalue weighted by Gasteiger charge is 2.18. The number of hydrogen-bond donors (Lipinski definition) is 0. The summed E-state index contributed by atoms with van der Waals surface area (Å²) in [6, 6.07) is 18.3. The highest BCUT2D eigenvalue weighted by atomic mass is 16.1. The molecule has 0 fully saturated rings. The Hall–Kier alpha value is -3.01. The Balaban J connectivity index is 2.22. The summed E-state index contributed by atoms with van der Waals surface area (Å²) in [7, 11) is 0. The van der Waals surface area contributed by atoms with Gasteiger partial charge in [0, 0.05) is 23.9 Å². The van der Waals surface area contributed by atoms with Gasteiger partial charge >= 0.3 is 5.69 Å². The third kappa shape index (κ3) is 2.97. The first-order chi connectivity index (χ1) is 11.2. The Labute approximate surface area is 134 Å². The van der Waals surface area contributed by atoms with E-state index < -0.39 is 0 Å². The normalized spacial score (nSPS) is 10.5. The second kappa shape index (κ2) is 6.40. The van der Waals surface area contributed by atoms with Gasteiger partial charge in [0.15, 0.2) is 5.78 Å². The molecule has 3 rings (SSSR count). The summed E-state index contributed by atoms with van der Waals surface area (Å²) in [5.74, 6) is -0.140. The van der Waals surface area contributed by atoms with E-state index in [9.17, 15) is 9.59 Å². The first-order valence-corrected chi connectivity index (χ1v) is 7.47. The number of hydrogen-bond acceptors (Lipinski definition) is 3. The van der Waals surface area contributed by atoms with E-state index in [-0.39, 0.29) is 11.5 Å². The van der Waals surface area contributed by atoms with Crippen LogP contribution < -0.4 is 5.69 Å². The minimum absolute atomic E-state index is 0.140. The van der Waals surface area contributed by atoms with Gasteiger partial charge in [0.05, 0.1) is 11.3 Å². The maximum absolute atomic E-state index is 12.9. The first kappa shape index (κ1) is 14.9. The molecule has 0 atom stereocenters. The van der Waals surface area contributed by atoms with Crippen LogP contribution in [0.3, 0.4) is 0 Å². The topological polar surface area (TPSA) is 52.0 Å². The molecule has 0 aliphatic rings. The first-order valence-electron chi connectivity index (χ1n) is 7.47. The third-order valence-corrected chi connectivity index (χ3v) is 3.66. The fourth-order valence-electron chi connectivity index (χ4n) is 2.45. The molecule has 0 bridgehead atoms. The summed E-state index contributed by atoms with van der Waals surface area (Å²) in [4.78, 5) is 29.1. The minimum Gasteiger partial charge on any atom is -0.299 e. The molecule has 4 nitrogen and oxygen atoms in total. The zero-order chi connectivity index (χ0) is 16.2. The van der Waals surface area contributed by atoms with Gasteiger partial charge in [0.2, 0.25) is 0 Å². The molecule has 23 heavy (non-hydrogen) atoms. The van der Waals surface area contributed by atoms with Crippen molar-refractivity contribution >= 4 is 5.78 Å². The van der Waals surface area contributed by atoms with Crippen LogP contribution in [0.1, 0.15) is 22.8 Å². The highest BCUT2D eigenvalue weighted by Crippen LogP contribution is 2.22. The van der Waals surface area contributed by atoms with Crippen molar-refractivity contribution in [3.05, 3.63) is 88.5 Å². The number of nitrogens with zero attached hydrogens (tertiary/aromatic N) is 2. The molecule has 0 amide bonds. The summed E-state index contributed by atoms with van der Waals surface area (Å²) in [6.07, 6.45) is 1.60. The van der Waals surface area contributed by atoms with Gasteiger partial charge < -0.3 is 0 Å². The van der Waals surface area contributed by atoms with E-state index in [0.29, 0.717) is 23.4 Å². The molecular formula is C19H16N2O2. The number of aryl methyl sites for hydroxylation is 1. The average molecular weight is 304 g/mol. The Bertz CT molecular complexity index is 884. The van der Waals surface area contributed by atoms with E-state index >= 15 is 0 Å². The van der Waals surface area contributed by atoms with E-state index in [0.717, 1.165) is 5.56 Å². The van der Waals surface area contributed by atoms with Gasteiger partial charge in [-0.2, -0.15) is 4.98 Å². The molecule has 1 heterocycles. The molecule has 1 aromatic heterocycles. The van der Waals surface area contributed by atoms with Crippen molar-refractivity contribution in [2.45, 2.75) is 13.5 Å². The number of ketones is 1. The Morgan fingerprint density at radius 3 is 2.22 bits per heavy atom. The quantitative estimate of drug-likeness (QED) is 0.696. The van der Waals surface area contributed by atoms with E-state index in [1.807, 2.05) is 55.5 Å². The standard InChI is InChI=1S/C19H16N2O2/c1-2-21-13-16(18(22)15-11-7-4-8-12-15)17(20-19(21)23)14-9-5-3-6-10-14/h3-13H,2H2,1H3. The van der Waals surface area contributed by atoms with Gasteiger partial charge in [0.1, 0.15) is 0 Å². The van der Waals surface area contributed by atoms with Crippen molar-refractivity contribution in [3.8, 4) is 11.3 Å². The van der Waals surface area contributed by atoms with Crippen LogP contribution in [-0.2, 0) is 6.54 Å². The molecule has 0 aliphatic carbocycles. The van der Waals surface area contributed by atoms with Crippen molar-refractivity contribution in [1.29, 1.82) is 0 Å². The molecule has 0 saturated carbocycles. The van der Waals surface area contributed by atoms with Crippen molar-refractivity contribution in [2.75, 3.05) is 0 Å². The van der Waals surface area contributed by atoms with E-state index in [1.54, 1.807) is 18.3 Å². The molecule has 0 saturated heterocycles. The molecule has 0 aliphatic heterocycles. The number of rotatable bonds is 4. The molecule has 3 aromatic rings. The zero-order valence-corrected chi connectivity index (χ0v) is 12.8. The van der Waals surface area contributed by atoms with Crippen LogP contribution in [0.2, 0.25) is 0 Å². The van der Waals surface area contributed by atoms with E-state index in [4.69, 9.17) is 0 Å². The summed E-state index contributed by atoms with van der Waals surface area (Å²) in [6.45, 7) is 2.32. The number of carbonyl (C=O) groups excluding carboxylic acids is 1. The van der Waals surface area contributed by atoms with Gasteiger partial charge in [-0.3, -0.25) is 9.36 Å². The summed E-state index contributed by atoms with van der Waals surface area (Å²) in [5, 5.41) is 0. The van der Waals surface area contributed by atoms with Crippen LogP contribution in [0.15, 0.2) is 71.7 Å². The van der Waals surface area contributed by atoms with Crippen LogP contribution >= 0.6 is 0 Å². The van der Waals surface area contributed by atoms with Gasteiger partial charge in [0.25, 0.3) is 0 Å². The van der Waals surface area contributed by atoms with Gasteiger partial charge in [-0.05, 0) is 6.92 Å². The third-order valence-electron chi connectivity index (χ3n) is 3.66. The molecule has 0 unspecified atom stereocenters. The summed E-state index contributed by atoms with van der Waals surface area (Å²) in [5.41, 5.74) is 1.84. The number of carbonyl (C=O) groups is 1. The fourth-order valence-corrected chi connectivity index (χ4v) is 2.45. The van der Waals surface area contributed by atoms with Gasteiger partial charge in [-0.15, -0.1) is 0 Å². The molecule has 4 heteroatoms. The lowest BCUT2D eigenvalue weighted by atomic mass is 9.99. The van der Waals surface area contributed by atoms with Crippen LogP contribution in [0.25, 0.3) is 11.3 Å². The monoisotopic (exact) mass is 304 g/mol. The molecule has 114 valence electrons. The second-order valence-corrected chi connectivity index (χ2v) is 5.13. The van der Waals surface area contributed by atoms with Crippen LogP contribution in [0.4, 0.5) is 0 Å². The lowest BCUT2D eigenvalue weighted by Crippen LogP contribution is -2.25. The summed E-state index contributed by atoms with van der Waals surface area (Å²) >= 11 is 0. The average Bonchev–Trinajstić information content (AvgIpc) is 2.62. The van der Waals surface area contributed by atoms with E-state index in [1.165, 1.54) is 4.57 Å². The van der Waals surface area contributed by atoms with E-state index in [2.05, 4.69) is 4.98 Å². The van der Waals surface area contributed by atoms with Crippen molar-refractivity contribution in [3.63, 3.8) is 0 Å². The van der Waals surface area contributed by atoms with Crippen molar-refractivity contribution < 1.29 is 4.79 Å². The molecule has 2 aromatic carbocycles. The number of aromatic nitrogens is 2. The zero-order valence-electron chi connectivity index (χ0n) is 12.8. The molecule has 0 radical (unpaired) electrons. The van der Waals surface area contributed by atoms with Crippen molar-refractivity contribution in [2.24, 2.45) is 0 Å². The van der Waals surface area contributed by atoms with Crippen LogP contribution in [0.5, 0.6) is 0 Å². The number of benzene rings is 2. The Kier molecular flexibility index (Phi) is 4.15. The minimum atomic E-state index is -0.351. The molecular weight excluding hydrogens is 288 g/mol. The maximum atomic E-state index is 12.9. The smallest absolute Gasteiger partial charge is 0.299 e. The largest absolute Gasteiger partial charge is 0.348 e. The lowest BCUT2D eigenvalue weighted by Gasteiger charge is -2.11. The van der Waals surface area contributed by atoms with Crippen LogP contribution in [0, 0.1) is 0 Å². The van der Waals surface area contributed by atoms with Gasteiger partial charge in [-0.25, -0.2) is 4.79 Å².